The van der Waals surface area contributed by atoms with Gasteiger partial charge in [0.15, 0.2) is 17.5 Å². The molecule has 3 rings (SSSR count). The Morgan fingerprint density at radius 2 is 1.26 bits per heavy atom. The van der Waals surface area contributed by atoms with E-state index in [-0.39, 0.29) is 12.1 Å². The molecule has 34 heavy (non-hydrogen) atoms. The SMILES string of the molecule is CCCCc1ccc(C(F)(F)Oc2ccc(C(F)(F)Oc3cc(F)c(F)c(F)c3)cc2)c(F)c1. The first-order chi connectivity index (χ1) is 15.9. The Hall–Kier alpha value is -3.30. The van der Waals surface area contributed by atoms with Gasteiger partial charge in [0.25, 0.3) is 0 Å². The molecule has 0 saturated carbocycles. The van der Waals surface area contributed by atoms with Gasteiger partial charge >= 0.3 is 12.2 Å². The fourth-order valence-corrected chi connectivity index (χ4v) is 3.05. The second-order valence-corrected chi connectivity index (χ2v) is 7.38. The monoisotopic (exact) mass is 490 g/mol. The first-order valence-electron chi connectivity index (χ1n) is 10.1. The maximum Gasteiger partial charge on any atom is 0.429 e. The summed E-state index contributed by atoms with van der Waals surface area (Å²) in [6.45, 7) is 1.93. The van der Waals surface area contributed by atoms with E-state index in [0.717, 1.165) is 37.1 Å². The molecule has 0 aliphatic carbocycles. The zero-order valence-corrected chi connectivity index (χ0v) is 17.7. The lowest BCUT2D eigenvalue weighted by Gasteiger charge is -2.21. The smallest absolute Gasteiger partial charge is 0.429 e. The van der Waals surface area contributed by atoms with Crippen LogP contribution in [0.1, 0.15) is 36.5 Å². The molecule has 0 radical (unpaired) electrons. The number of alkyl halides is 4. The maximum absolute atomic E-state index is 14.5. The van der Waals surface area contributed by atoms with Gasteiger partial charge in [-0.3, -0.25) is 0 Å². The van der Waals surface area contributed by atoms with Crippen molar-refractivity contribution in [1.29, 1.82) is 0 Å². The maximum atomic E-state index is 14.5. The average Bonchev–Trinajstić information content (AvgIpc) is 2.75. The predicted molar refractivity (Wildman–Crippen MR) is 107 cm³/mol. The zero-order valence-electron chi connectivity index (χ0n) is 17.7. The Kier molecular flexibility index (Phi) is 7.38. The minimum Gasteiger partial charge on any atom is -0.429 e. The van der Waals surface area contributed by atoms with Crippen LogP contribution in [0.5, 0.6) is 11.5 Å². The molecule has 0 heterocycles. The van der Waals surface area contributed by atoms with Gasteiger partial charge in [-0.25, -0.2) is 17.6 Å². The quantitative estimate of drug-likeness (QED) is 0.225. The van der Waals surface area contributed by atoms with Gasteiger partial charge < -0.3 is 9.47 Å². The molecule has 0 saturated heterocycles. The minimum absolute atomic E-state index is 0.229. The second-order valence-electron chi connectivity index (χ2n) is 7.38. The highest BCUT2D eigenvalue weighted by atomic mass is 19.3. The van der Waals surface area contributed by atoms with E-state index in [0.29, 0.717) is 24.1 Å². The number of rotatable bonds is 9. The van der Waals surface area contributed by atoms with Gasteiger partial charge in [0.1, 0.15) is 17.3 Å². The van der Waals surface area contributed by atoms with Gasteiger partial charge in [-0.15, -0.1) is 0 Å². The van der Waals surface area contributed by atoms with Crippen molar-refractivity contribution in [2.24, 2.45) is 0 Å². The molecule has 3 aromatic carbocycles. The van der Waals surface area contributed by atoms with Crippen LogP contribution in [0.2, 0.25) is 0 Å². The molecule has 0 aliphatic rings. The van der Waals surface area contributed by atoms with Crippen LogP contribution in [0.4, 0.5) is 35.1 Å². The van der Waals surface area contributed by atoms with Gasteiger partial charge in [0.05, 0.1) is 11.1 Å². The molecular weight excluding hydrogens is 472 g/mol. The van der Waals surface area contributed by atoms with Gasteiger partial charge in [0.2, 0.25) is 0 Å². The van der Waals surface area contributed by atoms with Gasteiger partial charge in [-0.1, -0.05) is 19.4 Å². The van der Waals surface area contributed by atoms with Crippen LogP contribution in [-0.2, 0) is 18.6 Å². The molecule has 0 aromatic heterocycles. The first kappa shape index (κ1) is 25.3. The Labute approximate surface area is 189 Å². The summed E-state index contributed by atoms with van der Waals surface area (Å²) in [6.07, 6.45) is -6.12. The number of hydrogen-bond donors (Lipinski definition) is 0. The Bertz CT molecular complexity index is 1120. The van der Waals surface area contributed by atoms with E-state index in [1.165, 1.54) is 6.07 Å². The van der Waals surface area contributed by atoms with Crippen LogP contribution in [0.3, 0.4) is 0 Å². The third-order valence-electron chi connectivity index (χ3n) is 4.81. The summed E-state index contributed by atoms with van der Waals surface area (Å²) in [5.41, 5.74) is -1.35. The van der Waals surface area contributed by atoms with Crippen molar-refractivity contribution in [3.05, 3.63) is 94.6 Å². The molecule has 0 fully saturated rings. The van der Waals surface area contributed by atoms with Crippen molar-refractivity contribution >= 4 is 0 Å². The van der Waals surface area contributed by atoms with E-state index in [9.17, 15) is 35.1 Å². The van der Waals surface area contributed by atoms with Crippen LogP contribution in [0.25, 0.3) is 0 Å². The summed E-state index contributed by atoms with van der Waals surface area (Å²) in [4.78, 5) is 0. The van der Waals surface area contributed by atoms with E-state index < -0.39 is 58.1 Å². The van der Waals surface area contributed by atoms with E-state index >= 15 is 0 Å². The highest BCUT2D eigenvalue weighted by Crippen LogP contribution is 2.36. The zero-order chi connectivity index (χ0) is 25.1. The molecule has 0 atom stereocenters. The minimum atomic E-state index is -4.15. The van der Waals surface area contributed by atoms with Gasteiger partial charge in [-0.2, -0.15) is 17.6 Å². The lowest BCUT2D eigenvalue weighted by molar-refractivity contribution is -0.188. The molecular formula is C24H18F8O2. The van der Waals surface area contributed by atoms with Crippen LogP contribution in [0.15, 0.2) is 54.6 Å². The highest BCUT2D eigenvalue weighted by molar-refractivity contribution is 5.33. The van der Waals surface area contributed by atoms with E-state index in [4.69, 9.17) is 0 Å². The lowest BCUT2D eigenvalue weighted by atomic mass is 10.1. The molecule has 0 bridgehead atoms. The normalized spacial score (nSPS) is 12.0. The summed E-state index contributed by atoms with van der Waals surface area (Å²) in [7, 11) is 0. The van der Waals surface area contributed by atoms with Crippen molar-refractivity contribution in [3.63, 3.8) is 0 Å². The van der Waals surface area contributed by atoms with E-state index in [1.807, 2.05) is 6.92 Å². The summed E-state index contributed by atoms with van der Waals surface area (Å²) in [5.74, 6) is -8.05. The first-order valence-corrected chi connectivity index (χ1v) is 10.1. The second kappa shape index (κ2) is 9.90. The Balaban J connectivity index is 1.74. The van der Waals surface area contributed by atoms with Crippen molar-refractivity contribution in [1.82, 2.24) is 0 Å². The third-order valence-corrected chi connectivity index (χ3v) is 4.81. The average molecular weight is 490 g/mol. The molecule has 182 valence electrons. The Morgan fingerprint density at radius 1 is 0.676 bits per heavy atom. The van der Waals surface area contributed by atoms with Crippen molar-refractivity contribution in [3.8, 4) is 11.5 Å². The Morgan fingerprint density at radius 3 is 1.82 bits per heavy atom. The summed E-state index contributed by atoms with van der Waals surface area (Å²) in [5, 5.41) is 0. The van der Waals surface area contributed by atoms with Gasteiger partial charge in [-0.05, 0) is 54.8 Å². The molecule has 0 spiro atoms. The fourth-order valence-electron chi connectivity index (χ4n) is 3.05. The van der Waals surface area contributed by atoms with Crippen LogP contribution in [0, 0.1) is 23.3 Å². The van der Waals surface area contributed by atoms with Crippen molar-refractivity contribution in [2.75, 3.05) is 0 Å². The standard InChI is InChI=1S/C24H18F8O2/c1-2-3-4-14-5-10-18(19(25)11-14)24(31,32)33-16-8-6-15(7-9-16)23(29,30)34-17-12-20(26)22(28)21(27)13-17/h5-13H,2-4H2,1H3. The molecule has 0 unspecified atom stereocenters. The van der Waals surface area contributed by atoms with Crippen molar-refractivity contribution in [2.45, 2.75) is 38.4 Å². The van der Waals surface area contributed by atoms with E-state index in [2.05, 4.69) is 9.47 Å². The number of ether oxygens (including phenoxy) is 2. The fraction of sp³-hybridized carbons (Fsp3) is 0.250. The van der Waals surface area contributed by atoms with Crippen LogP contribution >= 0.6 is 0 Å². The summed E-state index contributed by atoms with van der Waals surface area (Å²) in [6, 6.07) is 6.58. The van der Waals surface area contributed by atoms with Crippen LogP contribution < -0.4 is 9.47 Å². The third kappa shape index (κ3) is 5.78. The number of unbranched alkanes of at least 4 members (excludes halogenated alkanes) is 1. The predicted octanol–water partition coefficient (Wildman–Crippen LogP) is 7.84. The molecule has 0 amide bonds. The number of hydrogen-bond acceptors (Lipinski definition) is 2. The highest BCUT2D eigenvalue weighted by Gasteiger charge is 2.39. The molecule has 10 heteroatoms. The largest absolute Gasteiger partial charge is 0.429 e. The lowest BCUT2D eigenvalue weighted by Crippen LogP contribution is -2.24. The molecule has 0 N–H and O–H groups in total. The molecule has 3 aromatic rings. The van der Waals surface area contributed by atoms with Crippen molar-refractivity contribution < 1.29 is 44.6 Å². The number of benzene rings is 3. The summed E-state index contributed by atoms with van der Waals surface area (Å²) >= 11 is 0. The van der Waals surface area contributed by atoms with Gasteiger partial charge in [0, 0.05) is 12.1 Å². The summed E-state index contributed by atoms with van der Waals surface area (Å²) < 4.78 is 120. The molecule has 0 aliphatic heterocycles. The van der Waals surface area contributed by atoms with E-state index in [1.54, 1.807) is 0 Å². The molecule has 2 nitrogen and oxygen atoms in total. The topological polar surface area (TPSA) is 18.5 Å². The van der Waals surface area contributed by atoms with Crippen LogP contribution in [-0.4, -0.2) is 0 Å². The number of aryl methyl sites for hydroxylation is 1. The number of halogens is 8.